The summed E-state index contributed by atoms with van der Waals surface area (Å²) in [4.78, 5) is 27.7. The lowest BCUT2D eigenvalue weighted by Crippen LogP contribution is -2.49. The molecule has 0 aliphatic carbocycles. The van der Waals surface area contributed by atoms with Crippen molar-refractivity contribution in [3.8, 4) is 0 Å². The van der Waals surface area contributed by atoms with Crippen LogP contribution in [-0.2, 0) is 22.6 Å². The number of aryl methyl sites for hydroxylation is 2. The third-order valence-electron chi connectivity index (χ3n) is 5.05. The Hall–Kier alpha value is -2.14. The van der Waals surface area contributed by atoms with Crippen LogP contribution < -0.4 is 5.32 Å². The minimum atomic E-state index is -0.554. The molecular formula is C24H31BrN2O2. The zero-order valence-corrected chi connectivity index (χ0v) is 19.5. The summed E-state index contributed by atoms with van der Waals surface area (Å²) in [6.45, 7) is 10.2. The molecule has 0 aromatic heterocycles. The van der Waals surface area contributed by atoms with E-state index in [-0.39, 0.29) is 24.3 Å². The standard InChI is InChI=1S/C24H31BrN2O2/c1-6-18(4)26-24(29)19(5)27(15-20-8-7-9-22(25)13-20)23(28)14-21-11-16(2)10-17(3)12-21/h7-13,18-19H,6,14-15H2,1-5H3,(H,26,29)/t18-,19+/m0/s1. The molecule has 5 heteroatoms. The van der Waals surface area contributed by atoms with Crippen molar-refractivity contribution in [1.82, 2.24) is 10.2 Å². The van der Waals surface area contributed by atoms with E-state index in [1.807, 2.05) is 64.1 Å². The van der Waals surface area contributed by atoms with E-state index in [0.717, 1.165) is 33.1 Å². The molecule has 0 fully saturated rings. The molecule has 1 N–H and O–H groups in total. The number of hydrogen-bond acceptors (Lipinski definition) is 2. The first kappa shape index (κ1) is 23.1. The molecule has 0 aliphatic rings. The van der Waals surface area contributed by atoms with Gasteiger partial charge in [0.15, 0.2) is 0 Å². The van der Waals surface area contributed by atoms with Gasteiger partial charge in [-0.25, -0.2) is 0 Å². The van der Waals surface area contributed by atoms with Crippen molar-refractivity contribution in [2.24, 2.45) is 0 Å². The van der Waals surface area contributed by atoms with Gasteiger partial charge in [0.1, 0.15) is 6.04 Å². The van der Waals surface area contributed by atoms with Crippen molar-refractivity contribution >= 4 is 27.7 Å². The van der Waals surface area contributed by atoms with Gasteiger partial charge in [-0.05, 0) is 57.4 Å². The molecular weight excluding hydrogens is 428 g/mol. The minimum absolute atomic E-state index is 0.0539. The van der Waals surface area contributed by atoms with E-state index in [1.54, 1.807) is 11.8 Å². The fourth-order valence-electron chi connectivity index (χ4n) is 3.33. The highest BCUT2D eigenvalue weighted by Gasteiger charge is 2.27. The Morgan fingerprint density at radius 1 is 1.03 bits per heavy atom. The lowest BCUT2D eigenvalue weighted by molar-refractivity contribution is -0.140. The first-order valence-electron chi connectivity index (χ1n) is 10.1. The number of hydrogen-bond donors (Lipinski definition) is 1. The van der Waals surface area contributed by atoms with Crippen LogP contribution >= 0.6 is 15.9 Å². The van der Waals surface area contributed by atoms with Gasteiger partial charge < -0.3 is 10.2 Å². The molecule has 4 nitrogen and oxygen atoms in total. The second-order valence-corrected chi connectivity index (χ2v) is 8.73. The van der Waals surface area contributed by atoms with Crippen molar-refractivity contribution in [1.29, 1.82) is 0 Å². The van der Waals surface area contributed by atoms with Crippen LogP contribution in [0.2, 0.25) is 0 Å². The zero-order valence-electron chi connectivity index (χ0n) is 18.0. The molecule has 0 saturated carbocycles. The molecule has 0 saturated heterocycles. The number of rotatable bonds is 8. The summed E-state index contributed by atoms with van der Waals surface area (Å²) in [6.07, 6.45) is 1.12. The summed E-state index contributed by atoms with van der Waals surface area (Å²) in [5.74, 6) is -0.176. The molecule has 156 valence electrons. The third kappa shape index (κ3) is 7.00. The highest BCUT2D eigenvalue weighted by molar-refractivity contribution is 9.10. The average molecular weight is 459 g/mol. The van der Waals surface area contributed by atoms with Gasteiger partial charge in [0.25, 0.3) is 0 Å². The molecule has 0 aliphatic heterocycles. The second-order valence-electron chi connectivity index (χ2n) is 7.82. The van der Waals surface area contributed by atoms with Gasteiger partial charge in [0, 0.05) is 17.1 Å². The maximum Gasteiger partial charge on any atom is 0.242 e. The summed E-state index contributed by atoms with van der Waals surface area (Å²) in [5.41, 5.74) is 4.22. The number of halogens is 1. The van der Waals surface area contributed by atoms with Crippen LogP contribution in [0, 0.1) is 13.8 Å². The van der Waals surface area contributed by atoms with E-state index in [0.29, 0.717) is 6.54 Å². The highest BCUT2D eigenvalue weighted by atomic mass is 79.9. The van der Waals surface area contributed by atoms with Crippen LogP contribution in [-0.4, -0.2) is 28.8 Å². The van der Waals surface area contributed by atoms with Gasteiger partial charge in [-0.1, -0.05) is 64.3 Å². The van der Waals surface area contributed by atoms with Gasteiger partial charge in [-0.2, -0.15) is 0 Å². The fourth-order valence-corrected chi connectivity index (χ4v) is 3.77. The van der Waals surface area contributed by atoms with Crippen LogP contribution in [0.25, 0.3) is 0 Å². The van der Waals surface area contributed by atoms with Gasteiger partial charge in [-0.3, -0.25) is 9.59 Å². The summed E-state index contributed by atoms with van der Waals surface area (Å²) >= 11 is 3.48. The lowest BCUT2D eigenvalue weighted by atomic mass is 10.0. The maximum absolute atomic E-state index is 13.3. The molecule has 0 unspecified atom stereocenters. The normalized spacial score (nSPS) is 12.9. The Labute approximate surface area is 182 Å². The quantitative estimate of drug-likeness (QED) is 0.608. The monoisotopic (exact) mass is 458 g/mol. The van der Waals surface area contributed by atoms with E-state index in [2.05, 4.69) is 27.3 Å². The first-order valence-corrected chi connectivity index (χ1v) is 10.9. The molecule has 2 aromatic carbocycles. The zero-order chi connectivity index (χ0) is 21.6. The second kappa shape index (κ2) is 10.6. The summed E-state index contributed by atoms with van der Waals surface area (Å²) < 4.78 is 0.952. The van der Waals surface area contributed by atoms with E-state index < -0.39 is 6.04 Å². The van der Waals surface area contributed by atoms with E-state index >= 15 is 0 Å². The number of benzene rings is 2. The van der Waals surface area contributed by atoms with Crippen molar-refractivity contribution in [3.05, 3.63) is 69.2 Å². The third-order valence-corrected chi connectivity index (χ3v) is 5.54. The number of nitrogens with one attached hydrogen (secondary N) is 1. The van der Waals surface area contributed by atoms with Gasteiger partial charge in [0.05, 0.1) is 6.42 Å². The van der Waals surface area contributed by atoms with E-state index in [4.69, 9.17) is 0 Å². The number of nitrogens with zero attached hydrogens (tertiary/aromatic N) is 1. The van der Waals surface area contributed by atoms with Crippen molar-refractivity contribution in [2.75, 3.05) is 0 Å². The first-order chi connectivity index (χ1) is 13.7. The summed E-state index contributed by atoms with van der Waals surface area (Å²) in [7, 11) is 0. The molecule has 0 radical (unpaired) electrons. The Balaban J connectivity index is 2.26. The average Bonchev–Trinajstić information content (AvgIpc) is 2.64. The Morgan fingerprint density at radius 3 is 2.28 bits per heavy atom. The van der Waals surface area contributed by atoms with Crippen molar-refractivity contribution in [2.45, 2.75) is 66.1 Å². The Kier molecular flexibility index (Phi) is 8.45. The summed E-state index contributed by atoms with van der Waals surface area (Å²) in [5, 5.41) is 3.00. The van der Waals surface area contributed by atoms with Crippen molar-refractivity contribution in [3.63, 3.8) is 0 Å². The molecule has 0 spiro atoms. The predicted octanol–water partition coefficient (Wildman–Crippen LogP) is 4.94. The minimum Gasteiger partial charge on any atom is -0.352 e. The fraction of sp³-hybridized carbons (Fsp3) is 0.417. The highest BCUT2D eigenvalue weighted by Crippen LogP contribution is 2.17. The Bertz CT molecular complexity index is 845. The topological polar surface area (TPSA) is 49.4 Å². The molecule has 2 aromatic rings. The van der Waals surface area contributed by atoms with Gasteiger partial charge >= 0.3 is 0 Å². The van der Waals surface area contributed by atoms with Gasteiger partial charge in [-0.15, -0.1) is 0 Å². The van der Waals surface area contributed by atoms with Gasteiger partial charge in [0.2, 0.25) is 11.8 Å². The van der Waals surface area contributed by atoms with Crippen LogP contribution in [0.4, 0.5) is 0 Å². The van der Waals surface area contributed by atoms with E-state index in [9.17, 15) is 9.59 Å². The SMILES string of the molecule is CC[C@H](C)NC(=O)[C@@H](C)N(Cc1cccc(Br)c1)C(=O)Cc1cc(C)cc(C)c1. The molecule has 2 rings (SSSR count). The van der Waals surface area contributed by atoms with E-state index in [1.165, 1.54) is 0 Å². The smallest absolute Gasteiger partial charge is 0.242 e. The lowest BCUT2D eigenvalue weighted by Gasteiger charge is -2.30. The maximum atomic E-state index is 13.3. The molecule has 0 heterocycles. The molecule has 2 atom stereocenters. The number of carbonyl (C=O) groups is 2. The van der Waals surface area contributed by atoms with Crippen LogP contribution in [0.5, 0.6) is 0 Å². The Morgan fingerprint density at radius 2 is 1.69 bits per heavy atom. The number of carbonyl (C=O) groups excluding carboxylic acids is 2. The molecule has 29 heavy (non-hydrogen) atoms. The molecule has 2 amide bonds. The summed E-state index contributed by atoms with van der Waals surface area (Å²) in [6, 6.07) is 13.5. The van der Waals surface area contributed by atoms with Crippen LogP contribution in [0.15, 0.2) is 46.9 Å². The number of amides is 2. The molecule has 0 bridgehead atoms. The van der Waals surface area contributed by atoms with Crippen molar-refractivity contribution < 1.29 is 9.59 Å². The largest absolute Gasteiger partial charge is 0.352 e. The van der Waals surface area contributed by atoms with Crippen LogP contribution in [0.1, 0.15) is 49.4 Å². The predicted molar refractivity (Wildman–Crippen MR) is 122 cm³/mol. The van der Waals surface area contributed by atoms with Crippen LogP contribution in [0.3, 0.4) is 0 Å².